The van der Waals surface area contributed by atoms with Crippen molar-refractivity contribution < 1.29 is 13.2 Å². The Labute approximate surface area is 106 Å². The van der Waals surface area contributed by atoms with Crippen molar-refractivity contribution in [2.24, 2.45) is 0 Å². The number of hydrogen-bond acceptors (Lipinski definition) is 1. The molecule has 0 bridgehead atoms. The molecule has 1 aromatic rings. The van der Waals surface area contributed by atoms with Crippen molar-refractivity contribution in [3.8, 4) is 0 Å². The number of hydrogen-bond donors (Lipinski definition) is 1. The van der Waals surface area contributed by atoms with Crippen LogP contribution in [0.3, 0.4) is 0 Å². The van der Waals surface area contributed by atoms with Gasteiger partial charge in [-0.3, -0.25) is 0 Å². The first kappa shape index (κ1) is 15.0. The van der Waals surface area contributed by atoms with Gasteiger partial charge in [0.25, 0.3) is 0 Å². The molecule has 0 spiro atoms. The van der Waals surface area contributed by atoms with Gasteiger partial charge in [0.15, 0.2) is 0 Å². The normalized spacial score (nSPS) is 12.7. The minimum absolute atomic E-state index is 0.0469. The fraction of sp³-hybridized carbons (Fsp3) is 0.571. The number of rotatable bonds is 7. The number of halogens is 3. The number of unbranched alkanes of at least 4 members (excludes halogenated alkanes) is 2. The molecule has 4 heteroatoms. The Kier molecular flexibility index (Phi) is 6.19. The smallest absolute Gasteiger partial charge is 0.133 e. The van der Waals surface area contributed by atoms with E-state index in [2.05, 4.69) is 12.2 Å². The number of nitrogens with one attached hydrogen (secondary N) is 1. The van der Waals surface area contributed by atoms with E-state index in [0.717, 1.165) is 31.4 Å². The summed E-state index contributed by atoms with van der Waals surface area (Å²) in [5, 5.41) is 3.06. The molecular weight excluding hydrogens is 239 g/mol. The Hall–Kier alpha value is -1.03. The monoisotopic (exact) mass is 259 g/mol. The summed E-state index contributed by atoms with van der Waals surface area (Å²) in [6.45, 7) is 4.57. The molecule has 102 valence electrons. The molecule has 1 aromatic carbocycles. The lowest BCUT2D eigenvalue weighted by Crippen LogP contribution is -2.23. The molecule has 0 amide bonds. The van der Waals surface area contributed by atoms with E-state index in [-0.39, 0.29) is 11.6 Å². The Morgan fingerprint density at radius 1 is 1.06 bits per heavy atom. The highest BCUT2D eigenvalue weighted by atomic mass is 19.1. The van der Waals surface area contributed by atoms with Crippen LogP contribution >= 0.6 is 0 Å². The van der Waals surface area contributed by atoms with Crippen LogP contribution < -0.4 is 5.32 Å². The maximum atomic E-state index is 13.7. The van der Waals surface area contributed by atoms with Crippen LogP contribution in [-0.4, -0.2) is 6.54 Å². The third-order valence-electron chi connectivity index (χ3n) is 2.94. The highest BCUT2D eigenvalue weighted by Gasteiger charge is 2.20. The lowest BCUT2D eigenvalue weighted by atomic mass is 9.99. The van der Waals surface area contributed by atoms with E-state index < -0.39 is 17.5 Å². The summed E-state index contributed by atoms with van der Waals surface area (Å²) in [4.78, 5) is 0. The molecule has 0 aliphatic rings. The third kappa shape index (κ3) is 4.02. The summed E-state index contributed by atoms with van der Waals surface area (Å²) in [7, 11) is 0. The van der Waals surface area contributed by atoms with Crippen molar-refractivity contribution in [1.29, 1.82) is 0 Å². The Bertz CT molecular complexity index is 356. The van der Waals surface area contributed by atoms with Gasteiger partial charge in [0.05, 0.1) is 0 Å². The minimum atomic E-state index is -0.877. The Morgan fingerprint density at radius 3 is 2.17 bits per heavy atom. The second-order valence-electron chi connectivity index (χ2n) is 4.39. The van der Waals surface area contributed by atoms with Crippen molar-refractivity contribution in [2.45, 2.75) is 45.6 Å². The third-order valence-corrected chi connectivity index (χ3v) is 2.94. The molecule has 1 atom stereocenters. The van der Waals surface area contributed by atoms with Crippen molar-refractivity contribution >= 4 is 0 Å². The van der Waals surface area contributed by atoms with Gasteiger partial charge in [-0.05, 0) is 13.0 Å². The molecule has 18 heavy (non-hydrogen) atoms. The van der Waals surface area contributed by atoms with Gasteiger partial charge in [-0.15, -0.1) is 0 Å². The lowest BCUT2D eigenvalue weighted by molar-refractivity contribution is 0.433. The second kappa shape index (κ2) is 7.41. The molecule has 0 aliphatic heterocycles. The predicted molar refractivity (Wildman–Crippen MR) is 66.9 cm³/mol. The van der Waals surface area contributed by atoms with Crippen LogP contribution in [0.25, 0.3) is 0 Å². The largest absolute Gasteiger partial charge is 0.310 e. The molecule has 0 fully saturated rings. The zero-order valence-electron chi connectivity index (χ0n) is 10.9. The molecule has 0 saturated heterocycles. The summed E-state index contributed by atoms with van der Waals surface area (Å²) in [6, 6.07) is 1.09. The van der Waals surface area contributed by atoms with Gasteiger partial charge >= 0.3 is 0 Å². The molecule has 0 saturated carbocycles. The van der Waals surface area contributed by atoms with Crippen LogP contribution in [-0.2, 0) is 0 Å². The summed E-state index contributed by atoms with van der Waals surface area (Å²) in [5.74, 6) is -2.50. The van der Waals surface area contributed by atoms with E-state index in [1.54, 1.807) is 0 Å². The first-order chi connectivity index (χ1) is 8.60. The van der Waals surface area contributed by atoms with Gasteiger partial charge in [-0.25, -0.2) is 13.2 Å². The van der Waals surface area contributed by atoms with E-state index in [0.29, 0.717) is 13.0 Å². The highest BCUT2D eigenvalue weighted by Crippen LogP contribution is 2.26. The molecule has 0 heterocycles. The first-order valence-electron chi connectivity index (χ1n) is 6.48. The first-order valence-corrected chi connectivity index (χ1v) is 6.48. The summed E-state index contributed by atoms with van der Waals surface area (Å²) in [5.41, 5.74) is -0.0469. The topological polar surface area (TPSA) is 12.0 Å². The maximum absolute atomic E-state index is 13.7. The van der Waals surface area contributed by atoms with E-state index in [1.807, 2.05) is 6.92 Å². The van der Waals surface area contributed by atoms with Crippen molar-refractivity contribution in [3.05, 3.63) is 35.1 Å². The standard InChI is InChI=1S/C14H20F3N/c1-3-5-6-7-13(18-4-2)14-11(16)8-10(15)9-12(14)17/h8-9,13,18H,3-7H2,1-2H3. The average Bonchev–Trinajstić information content (AvgIpc) is 2.28. The fourth-order valence-electron chi connectivity index (χ4n) is 2.08. The summed E-state index contributed by atoms with van der Waals surface area (Å²) < 4.78 is 40.2. The highest BCUT2D eigenvalue weighted by molar-refractivity contribution is 5.24. The average molecular weight is 259 g/mol. The fourth-order valence-corrected chi connectivity index (χ4v) is 2.08. The van der Waals surface area contributed by atoms with E-state index in [9.17, 15) is 13.2 Å². The summed E-state index contributed by atoms with van der Waals surface area (Å²) in [6.07, 6.45) is 3.62. The van der Waals surface area contributed by atoms with Crippen LogP contribution in [0.4, 0.5) is 13.2 Å². The molecule has 1 nitrogen and oxygen atoms in total. The molecule has 1 N–H and O–H groups in total. The van der Waals surface area contributed by atoms with Gasteiger partial charge in [0.2, 0.25) is 0 Å². The molecule has 1 unspecified atom stereocenters. The van der Waals surface area contributed by atoms with Gasteiger partial charge in [-0.1, -0.05) is 33.1 Å². The van der Waals surface area contributed by atoms with Crippen molar-refractivity contribution in [3.63, 3.8) is 0 Å². The maximum Gasteiger partial charge on any atom is 0.133 e. The van der Waals surface area contributed by atoms with Gasteiger partial charge < -0.3 is 5.32 Å². The lowest BCUT2D eigenvalue weighted by Gasteiger charge is -2.19. The SMILES string of the molecule is CCCCCC(NCC)c1c(F)cc(F)cc1F. The quantitative estimate of drug-likeness (QED) is 0.718. The van der Waals surface area contributed by atoms with Gasteiger partial charge in [0, 0.05) is 23.7 Å². The molecule has 0 aliphatic carbocycles. The van der Waals surface area contributed by atoms with Crippen LogP contribution in [0, 0.1) is 17.5 Å². The summed E-state index contributed by atoms with van der Waals surface area (Å²) >= 11 is 0. The predicted octanol–water partition coefficient (Wildman–Crippen LogP) is 4.33. The molecule has 0 radical (unpaired) electrons. The molecular formula is C14H20F3N. The van der Waals surface area contributed by atoms with E-state index in [4.69, 9.17) is 0 Å². The van der Waals surface area contributed by atoms with E-state index in [1.165, 1.54) is 0 Å². The molecule has 1 rings (SSSR count). The molecule has 0 aromatic heterocycles. The van der Waals surface area contributed by atoms with Gasteiger partial charge in [-0.2, -0.15) is 0 Å². The zero-order valence-corrected chi connectivity index (χ0v) is 10.9. The zero-order chi connectivity index (χ0) is 13.5. The second-order valence-corrected chi connectivity index (χ2v) is 4.39. The van der Waals surface area contributed by atoms with Crippen LogP contribution in [0.15, 0.2) is 12.1 Å². The Balaban J connectivity index is 2.90. The van der Waals surface area contributed by atoms with Crippen LogP contribution in [0.1, 0.15) is 51.1 Å². The van der Waals surface area contributed by atoms with Crippen molar-refractivity contribution in [1.82, 2.24) is 5.32 Å². The minimum Gasteiger partial charge on any atom is -0.310 e. The van der Waals surface area contributed by atoms with Gasteiger partial charge in [0.1, 0.15) is 17.5 Å². The van der Waals surface area contributed by atoms with Crippen molar-refractivity contribution in [2.75, 3.05) is 6.54 Å². The number of benzene rings is 1. The van der Waals surface area contributed by atoms with Crippen LogP contribution in [0.5, 0.6) is 0 Å². The van der Waals surface area contributed by atoms with E-state index >= 15 is 0 Å². The Morgan fingerprint density at radius 2 is 1.67 bits per heavy atom. The van der Waals surface area contributed by atoms with Crippen LogP contribution in [0.2, 0.25) is 0 Å².